The summed E-state index contributed by atoms with van der Waals surface area (Å²) < 4.78 is 29.1. The quantitative estimate of drug-likeness (QED) is 0.289. The third kappa shape index (κ3) is 7.64. The molecule has 1 N–H and O–H groups in total. The molecule has 0 aliphatic carbocycles. The predicted octanol–water partition coefficient (Wildman–Crippen LogP) is 5.87. The lowest BCUT2D eigenvalue weighted by molar-refractivity contribution is -0.140. The number of halogens is 1. The second kappa shape index (κ2) is 13.8. The zero-order valence-electron chi connectivity index (χ0n) is 23.7. The molecule has 0 radical (unpaired) electrons. The highest BCUT2D eigenvalue weighted by Gasteiger charge is 2.34. The van der Waals surface area contributed by atoms with E-state index in [1.165, 1.54) is 17.0 Å². The van der Waals surface area contributed by atoms with Gasteiger partial charge in [-0.15, -0.1) is 0 Å². The molecule has 9 heteroatoms. The molecule has 40 heavy (non-hydrogen) atoms. The van der Waals surface area contributed by atoms with Gasteiger partial charge in [-0.1, -0.05) is 67.9 Å². The van der Waals surface area contributed by atoms with Crippen LogP contribution in [0.4, 0.5) is 5.69 Å². The lowest BCUT2D eigenvalue weighted by Crippen LogP contribution is -2.53. The number of nitrogens with zero attached hydrogens (tertiary/aromatic N) is 2. The summed E-state index contributed by atoms with van der Waals surface area (Å²) in [6.07, 6.45) is 1.10. The highest BCUT2D eigenvalue weighted by molar-refractivity contribution is 7.92. The highest BCUT2D eigenvalue weighted by Crippen LogP contribution is 2.28. The standard InChI is InChI=1S/C31H38ClN3O4S/c1-6-24(5)33-31(37)28(7-2)34(20-25-15-17-26(32)18-16-25)30(36)21-35(29-19-22(3)13-14-23(29)4)40(38,39)27-11-9-8-10-12-27/h8-19,24,28H,6-7,20-21H2,1-5H3,(H,33,37)/t24-,28+/m1/s1. The van der Waals surface area contributed by atoms with Crippen molar-refractivity contribution in [3.63, 3.8) is 0 Å². The molecule has 214 valence electrons. The number of anilines is 1. The van der Waals surface area contributed by atoms with Crippen molar-refractivity contribution in [1.82, 2.24) is 10.2 Å². The van der Waals surface area contributed by atoms with Crippen LogP contribution >= 0.6 is 11.6 Å². The van der Waals surface area contributed by atoms with Crippen LogP contribution in [0, 0.1) is 13.8 Å². The molecule has 7 nitrogen and oxygen atoms in total. The Balaban J connectivity index is 2.08. The number of aryl methyl sites for hydroxylation is 2. The topological polar surface area (TPSA) is 86.8 Å². The van der Waals surface area contributed by atoms with Crippen LogP contribution in [0.2, 0.25) is 5.02 Å². The van der Waals surface area contributed by atoms with E-state index in [1.54, 1.807) is 48.5 Å². The monoisotopic (exact) mass is 583 g/mol. The van der Waals surface area contributed by atoms with Gasteiger partial charge < -0.3 is 10.2 Å². The van der Waals surface area contributed by atoms with E-state index in [0.29, 0.717) is 22.7 Å². The molecule has 0 unspecified atom stereocenters. The van der Waals surface area contributed by atoms with Crippen LogP contribution in [0.3, 0.4) is 0 Å². The summed E-state index contributed by atoms with van der Waals surface area (Å²) in [5.74, 6) is -0.759. The molecular weight excluding hydrogens is 546 g/mol. The fourth-order valence-corrected chi connectivity index (χ4v) is 5.99. The normalized spacial score (nSPS) is 12.8. The lowest BCUT2D eigenvalue weighted by Gasteiger charge is -2.34. The zero-order chi connectivity index (χ0) is 29.4. The minimum absolute atomic E-state index is 0.0704. The molecule has 0 aromatic heterocycles. The third-order valence-electron chi connectivity index (χ3n) is 6.90. The van der Waals surface area contributed by atoms with Gasteiger partial charge in [0.05, 0.1) is 10.6 Å². The van der Waals surface area contributed by atoms with Crippen molar-refractivity contribution in [3.05, 3.63) is 94.5 Å². The molecule has 0 aliphatic rings. The van der Waals surface area contributed by atoms with Crippen molar-refractivity contribution >= 4 is 39.1 Å². The number of amides is 2. The SMILES string of the molecule is CC[C@@H](C)NC(=O)[C@H](CC)N(Cc1ccc(Cl)cc1)C(=O)CN(c1cc(C)ccc1C)S(=O)(=O)c1ccccc1. The average molecular weight is 584 g/mol. The minimum Gasteiger partial charge on any atom is -0.352 e. The molecule has 0 aliphatic heterocycles. The van der Waals surface area contributed by atoms with Gasteiger partial charge in [-0.2, -0.15) is 0 Å². The number of nitrogens with one attached hydrogen (secondary N) is 1. The maximum Gasteiger partial charge on any atom is 0.264 e. The van der Waals surface area contributed by atoms with E-state index in [0.717, 1.165) is 21.9 Å². The Hall–Kier alpha value is -3.36. The molecule has 2 amide bonds. The second-order valence-electron chi connectivity index (χ2n) is 10.0. The van der Waals surface area contributed by atoms with E-state index in [2.05, 4.69) is 5.32 Å². The van der Waals surface area contributed by atoms with Crippen molar-refractivity contribution in [3.8, 4) is 0 Å². The molecule has 0 saturated heterocycles. The van der Waals surface area contributed by atoms with Crippen LogP contribution in [0.5, 0.6) is 0 Å². The van der Waals surface area contributed by atoms with E-state index in [9.17, 15) is 18.0 Å². The van der Waals surface area contributed by atoms with Crippen molar-refractivity contribution in [2.24, 2.45) is 0 Å². The van der Waals surface area contributed by atoms with Crippen LogP contribution < -0.4 is 9.62 Å². The van der Waals surface area contributed by atoms with Crippen LogP contribution in [0.1, 0.15) is 50.3 Å². The fourth-order valence-electron chi connectivity index (χ4n) is 4.37. The summed E-state index contributed by atoms with van der Waals surface area (Å²) in [5, 5.41) is 3.54. The van der Waals surface area contributed by atoms with Crippen LogP contribution in [-0.4, -0.2) is 43.8 Å². The first-order valence-corrected chi connectivity index (χ1v) is 15.3. The number of hydrogen-bond acceptors (Lipinski definition) is 4. The summed E-state index contributed by atoms with van der Waals surface area (Å²) in [4.78, 5) is 29.0. The number of hydrogen-bond donors (Lipinski definition) is 1. The van der Waals surface area contributed by atoms with Gasteiger partial charge in [0, 0.05) is 17.6 Å². The molecule has 0 saturated carbocycles. The fraction of sp³-hybridized carbons (Fsp3) is 0.355. The summed E-state index contributed by atoms with van der Waals surface area (Å²) in [6, 6.07) is 19.7. The first kappa shape index (κ1) is 31.2. The predicted molar refractivity (Wildman–Crippen MR) is 161 cm³/mol. The second-order valence-corrected chi connectivity index (χ2v) is 12.3. The lowest BCUT2D eigenvalue weighted by atomic mass is 10.1. The van der Waals surface area contributed by atoms with E-state index in [1.807, 2.05) is 46.8 Å². The molecule has 3 aromatic rings. The molecule has 0 bridgehead atoms. The van der Waals surface area contributed by atoms with Gasteiger partial charge >= 0.3 is 0 Å². The van der Waals surface area contributed by atoms with Crippen LogP contribution in [0.15, 0.2) is 77.7 Å². The number of carbonyl (C=O) groups is 2. The Morgan fingerprint density at radius 1 is 0.925 bits per heavy atom. The number of sulfonamides is 1. The molecule has 3 rings (SSSR count). The molecule has 0 heterocycles. The first-order chi connectivity index (χ1) is 19.0. The maximum atomic E-state index is 14.1. The smallest absolute Gasteiger partial charge is 0.264 e. The van der Waals surface area contributed by atoms with Gasteiger partial charge in [0.15, 0.2) is 0 Å². The van der Waals surface area contributed by atoms with Crippen molar-refractivity contribution in [2.75, 3.05) is 10.8 Å². The summed E-state index contributed by atoms with van der Waals surface area (Å²) in [6.45, 7) is 9.05. The van der Waals surface area contributed by atoms with Gasteiger partial charge in [-0.25, -0.2) is 8.42 Å². The summed E-state index contributed by atoms with van der Waals surface area (Å²) in [7, 11) is -4.11. The van der Waals surface area contributed by atoms with Crippen LogP contribution in [-0.2, 0) is 26.2 Å². The Labute approximate surface area is 243 Å². The van der Waals surface area contributed by atoms with Gasteiger partial charge in [-0.05, 0) is 80.6 Å². The number of carbonyl (C=O) groups excluding carboxylic acids is 2. The summed E-state index contributed by atoms with van der Waals surface area (Å²) in [5.41, 5.74) is 2.76. The minimum atomic E-state index is -4.11. The first-order valence-electron chi connectivity index (χ1n) is 13.5. The Morgan fingerprint density at radius 2 is 1.57 bits per heavy atom. The van der Waals surface area contributed by atoms with E-state index in [4.69, 9.17) is 11.6 Å². The van der Waals surface area contributed by atoms with Gasteiger partial charge in [0.2, 0.25) is 11.8 Å². The van der Waals surface area contributed by atoms with Gasteiger partial charge in [-0.3, -0.25) is 13.9 Å². The number of benzene rings is 3. The van der Waals surface area contributed by atoms with Crippen LogP contribution in [0.25, 0.3) is 0 Å². The van der Waals surface area contributed by atoms with E-state index >= 15 is 0 Å². The molecular formula is C31H38ClN3O4S. The Bertz CT molecular complexity index is 1410. The van der Waals surface area contributed by atoms with Gasteiger partial charge in [0.25, 0.3) is 10.0 Å². The maximum absolute atomic E-state index is 14.1. The molecule has 0 spiro atoms. The molecule has 3 aromatic carbocycles. The average Bonchev–Trinajstić information content (AvgIpc) is 2.94. The highest BCUT2D eigenvalue weighted by atomic mass is 35.5. The zero-order valence-corrected chi connectivity index (χ0v) is 25.3. The Morgan fingerprint density at radius 3 is 2.17 bits per heavy atom. The van der Waals surface area contributed by atoms with Gasteiger partial charge in [0.1, 0.15) is 12.6 Å². The van der Waals surface area contributed by atoms with E-state index in [-0.39, 0.29) is 23.4 Å². The Kier molecular flexibility index (Phi) is 10.8. The van der Waals surface area contributed by atoms with Crippen molar-refractivity contribution in [1.29, 1.82) is 0 Å². The molecule has 0 fully saturated rings. The van der Waals surface area contributed by atoms with E-state index < -0.39 is 28.5 Å². The largest absolute Gasteiger partial charge is 0.352 e. The number of rotatable bonds is 12. The summed E-state index contributed by atoms with van der Waals surface area (Å²) >= 11 is 6.08. The third-order valence-corrected chi connectivity index (χ3v) is 8.92. The van der Waals surface area contributed by atoms with Crippen molar-refractivity contribution in [2.45, 2.75) is 71.0 Å². The van der Waals surface area contributed by atoms with Crippen molar-refractivity contribution < 1.29 is 18.0 Å². The molecule has 2 atom stereocenters.